The number of hydrogen-bond acceptors (Lipinski definition) is 3. The maximum atomic E-state index is 6.01. The van der Waals surface area contributed by atoms with Gasteiger partial charge in [-0.3, -0.25) is 0 Å². The van der Waals surface area contributed by atoms with Gasteiger partial charge >= 0.3 is 0 Å². The first-order chi connectivity index (χ1) is 8.24. The summed E-state index contributed by atoms with van der Waals surface area (Å²) < 4.78 is 2.16. The third kappa shape index (κ3) is 1.85. The highest BCUT2D eigenvalue weighted by atomic mass is 15.3. The van der Waals surface area contributed by atoms with E-state index in [1.807, 2.05) is 0 Å². The van der Waals surface area contributed by atoms with Gasteiger partial charge in [0, 0.05) is 24.6 Å². The normalized spacial score (nSPS) is 19.1. The van der Waals surface area contributed by atoms with Gasteiger partial charge in [-0.05, 0) is 19.4 Å². The fourth-order valence-electron chi connectivity index (χ4n) is 2.35. The first-order valence-electron chi connectivity index (χ1n) is 5.99. The van der Waals surface area contributed by atoms with Crippen molar-refractivity contribution in [1.82, 2.24) is 14.8 Å². The van der Waals surface area contributed by atoms with Gasteiger partial charge in [-0.25, -0.2) is 0 Å². The predicted molar refractivity (Wildman–Crippen MR) is 66.5 cm³/mol. The number of nitrogens with zero attached hydrogens (tertiary/aromatic N) is 3. The highest BCUT2D eigenvalue weighted by Crippen LogP contribution is 2.23. The quantitative estimate of drug-likeness (QED) is 0.805. The molecule has 0 radical (unpaired) electrons. The minimum Gasteiger partial charge on any atom is -0.326 e. The fraction of sp³-hybridized carbons (Fsp3) is 0.385. The van der Waals surface area contributed by atoms with E-state index < -0.39 is 0 Å². The summed E-state index contributed by atoms with van der Waals surface area (Å²) in [5, 5.41) is 8.56. The maximum absolute atomic E-state index is 6.01. The van der Waals surface area contributed by atoms with Crippen LogP contribution in [0, 0.1) is 6.92 Å². The van der Waals surface area contributed by atoms with Crippen molar-refractivity contribution >= 4 is 0 Å². The average Bonchev–Trinajstić information content (AvgIpc) is 2.71. The van der Waals surface area contributed by atoms with Crippen molar-refractivity contribution in [2.24, 2.45) is 5.73 Å². The number of hydrogen-bond donors (Lipinski definition) is 1. The van der Waals surface area contributed by atoms with Crippen molar-refractivity contribution < 1.29 is 0 Å². The molecule has 1 aromatic carbocycles. The molecule has 2 N–H and O–H groups in total. The summed E-state index contributed by atoms with van der Waals surface area (Å²) in [6, 6.07) is 8.57. The number of benzene rings is 1. The van der Waals surface area contributed by atoms with E-state index in [0.29, 0.717) is 0 Å². The van der Waals surface area contributed by atoms with Crippen LogP contribution in [0.3, 0.4) is 0 Å². The second-order valence-corrected chi connectivity index (χ2v) is 4.72. The molecular formula is C13H16N4. The Morgan fingerprint density at radius 1 is 1.35 bits per heavy atom. The number of aromatic nitrogens is 3. The maximum Gasteiger partial charge on any atom is 0.164 e. The van der Waals surface area contributed by atoms with E-state index in [2.05, 4.69) is 46.0 Å². The van der Waals surface area contributed by atoms with Crippen LogP contribution in [0.15, 0.2) is 24.3 Å². The summed E-state index contributed by atoms with van der Waals surface area (Å²) in [6.45, 7) is 2.91. The van der Waals surface area contributed by atoms with E-state index in [1.165, 1.54) is 5.56 Å². The summed E-state index contributed by atoms with van der Waals surface area (Å²) >= 11 is 0. The summed E-state index contributed by atoms with van der Waals surface area (Å²) in [6.07, 6.45) is 1.94. The Balaban J connectivity index is 2.07. The van der Waals surface area contributed by atoms with Crippen LogP contribution in [0.1, 0.15) is 17.8 Å². The molecule has 1 aromatic heterocycles. The molecule has 4 heteroatoms. The monoisotopic (exact) mass is 228 g/mol. The predicted octanol–water partition coefficient (Wildman–Crippen LogP) is 1.53. The molecule has 0 bridgehead atoms. The Bertz CT molecular complexity index is 544. The van der Waals surface area contributed by atoms with Crippen molar-refractivity contribution in [2.75, 3.05) is 0 Å². The highest BCUT2D eigenvalue weighted by molar-refractivity contribution is 5.56. The van der Waals surface area contributed by atoms with E-state index >= 15 is 0 Å². The molecule has 1 aliphatic heterocycles. The number of rotatable bonds is 1. The lowest BCUT2D eigenvalue weighted by Crippen LogP contribution is -2.32. The summed E-state index contributed by atoms with van der Waals surface area (Å²) in [5.41, 5.74) is 8.37. The number of aryl methyl sites for hydroxylation is 2. The zero-order valence-corrected chi connectivity index (χ0v) is 9.93. The summed E-state index contributed by atoms with van der Waals surface area (Å²) in [4.78, 5) is 0. The van der Waals surface area contributed by atoms with Crippen LogP contribution in [-0.2, 0) is 13.0 Å². The van der Waals surface area contributed by atoms with E-state index in [1.54, 1.807) is 0 Å². The SMILES string of the molecule is Cc1cccc(-c2nnc3n2CC(N)CC3)c1. The minimum atomic E-state index is 0.224. The Hall–Kier alpha value is -1.68. The molecule has 0 fully saturated rings. The van der Waals surface area contributed by atoms with Crippen molar-refractivity contribution in [3.8, 4) is 11.4 Å². The van der Waals surface area contributed by atoms with Crippen LogP contribution in [0.25, 0.3) is 11.4 Å². The summed E-state index contributed by atoms with van der Waals surface area (Å²) in [7, 11) is 0. The number of nitrogens with two attached hydrogens (primary N) is 1. The molecule has 17 heavy (non-hydrogen) atoms. The van der Waals surface area contributed by atoms with Crippen LogP contribution in [0.2, 0.25) is 0 Å². The van der Waals surface area contributed by atoms with Crippen molar-refractivity contribution in [2.45, 2.75) is 32.4 Å². The Morgan fingerprint density at radius 3 is 3.06 bits per heavy atom. The molecule has 2 aromatic rings. The second-order valence-electron chi connectivity index (χ2n) is 4.72. The first-order valence-corrected chi connectivity index (χ1v) is 5.99. The summed E-state index contributed by atoms with van der Waals surface area (Å²) in [5.74, 6) is 2.00. The van der Waals surface area contributed by atoms with Crippen LogP contribution in [-0.4, -0.2) is 20.8 Å². The van der Waals surface area contributed by atoms with Gasteiger partial charge in [-0.1, -0.05) is 23.8 Å². The van der Waals surface area contributed by atoms with Crippen molar-refractivity contribution in [1.29, 1.82) is 0 Å². The molecule has 2 heterocycles. The third-order valence-electron chi connectivity index (χ3n) is 3.26. The molecule has 1 aliphatic rings. The molecule has 0 amide bonds. The minimum absolute atomic E-state index is 0.224. The molecule has 4 nitrogen and oxygen atoms in total. The van der Waals surface area contributed by atoms with Crippen molar-refractivity contribution in [3.63, 3.8) is 0 Å². The lowest BCUT2D eigenvalue weighted by molar-refractivity contribution is 0.456. The van der Waals surface area contributed by atoms with Crippen LogP contribution in [0.4, 0.5) is 0 Å². The molecule has 0 saturated heterocycles. The first kappa shape index (κ1) is 10.5. The molecule has 0 aliphatic carbocycles. The Morgan fingerprint density at radius 2 is 2.24 bits per heavy atom. The Kier molecular flexibility index (Phi) is 2.44. The molecule has 88 valence electrons. The van der Waals surface area contributed by atoms with E-state index in [4.69, 9.17) is 5.73 Å². The van der Waals surface area contributed by atoms with Crippen LogP contribution >= 0.6 is 0 Å². The Labute approximate surface area is 100 Å². The van der Waals surface area contributed by atoms with Gasteiger partial charge in [0.2, 0.25) is 0 Å². The largest absolute Gasteiger partial charge is 0.326 e. The average molecular weight is 228 g/mol. The zero-order valence-electron chi connectivity index (χ0n) is 9.93. The third-order valence-corrected chi connectivity index (χ3v) is 3.26. The molecular weight excluding hydrogens is 212 g/mol. The lowest BCUT2D eigenvalue weighted by atomic mass is 10.1. The topological polar surface area (TPSA) is 56.7 Å². The number of fused-ring (bicyclic) bond motifs is 1. The van der Waals surface area contributed by atoms with E-state index in [-0.39, 0.29) is 6.04 Å². The molecule has 0 spiro atoms. The standard InChI is InChI=1S/C13H16N4/c1-9-3-2-4-10(7-9)13-16-15-12-6-5-11(14)8-17(12)13/h2-4,7,11H,5-6,8,14H2,1H3. The van der Waals surface area contributed by atoms with Gasteiger partial charge in [0.15, 0.2) is 5.82 Å². The fourth-order valence-corrected chi connectivity index (χ4v) is 2.35. The molecule has 1 atom stereocenters. The van der Waals surface area contributed by atoms with E-state index in [9.17, 15) is 0 Å². The van der Waals surface area contributed by atoms with E-state index in [0.717, 1.165) is 36.6 Å². The molecule has 0 saturated carbocycles. The van der Waals surface area contributed by atoms with Gasteiger partial charge in [0.25, 0.3) is 0 Å². The van der Waals surface area contributed by atoms with Crippen LogP contribution in [0.5, 0.6) is 0 Å². The lowest BCUT2D eigenvalue weighted by Gasteiger charge is -2.20. The van der Waals surface area contributed by atoms with Gasteiger partial charge < -0.3 is 10.3 Å². The van der Waals surface area contributed by atoms with Gasteiger partial charge in [-0.2, -0.15) is 0 Å². The van der Waals surface area contributed by atoms with Crippen LogP contribution < -0.4 is 5.73 Å². The van der Waals surface area contributed by atoms with Gasteiger partial charge in [-0.15, -0.1) is 10.2 Å². The molecule has 3 rings (SSSR count). The zero-order chi connectivity index (χ0) is 11.8. The second kappa shape index (κ2) is 3.96. The molecule has 1 unspecified atom stereocenters. The van der Waals surface area contributed by atoms with Gasteiger partial charge in [0.05, 0.1) is 0 Å². The smallest absolute Gasteiger partial charge is 0.164 e. The van der Waals surface area contributed by atoms with Crippen molar-refractivity contribution in [3.05, 3.63) is 35.7 Å². The van der Waals surface area contributed by atoms with Gasteiger partial charge in [0.1, 0.15) is 5.82 Å². The highest BCUT2D eigenvalue weighted by Gasteiger charge is 2.20.